The number of hydrogen-bond donors (Lipinski definition) is 2. The number of rotatable bonds is 6. The highest BCUT2D eigenvalue weighted by atomic mass is 127. The molecule has 2 aliphatic rings. The molecular weight excluding hydrogens is 449 g/mol. The molecule has 0 spiro atoms. The molecule has 1 saturated heterocycles. The van der Waals surface area contributed by atoms with Crippen LogP contribution in [0, 0.1) is 15.4 Å². The van der Waals surface area contributed by atoms with Crippen LogP contribution in [0.1, 0.15) is 13.8 Å². The molecule has 4 unspecified atom stereocenters. The van der Waals surface area contributed by atoms with Crippen molar-refractivity contribution < 1.29 is 24.5 Å². The molecule has 0 bridgehead atoms. The number of aliphatic carboxylic acids is 1. The highest BCUT2D eigenvalue weighted by Crippen LogP contribution is 2.47. The fraction of sp³-hybridized carbons (Fsp3) is 0.368. The van der Waals surface area contributed by atoms with Gasteiger partial charge >= 0.3 is 5.97 Å². The number of fused-ring (bicyclic) bond motifs is 1. The number of carbonyl (C=O) groups is 2. The van der Waals surface area contributed by atoms with E-state index in [1.54, 1.807) is 19.1 Å². The van der Waals surface area contributed by atoms with Crippen LogP contribution in [0.3, 0.4) is 0 Å². The van der Waals surface area contributed by atoms with Gasteiger partial charge < -0.3 is 19.8 Å². The van der Waals surface area contributed by atoms with E-state index in [0.717, 1.165) is 9.32 Å². The summed E-state index contributed by atoms with van der Waals surface area (Å²) >= 11 is 2.19. The Labute approximate surface area is 165 Å². The van der Waals surface area contributed by atoms with Gasteiger partial charge in [0.25, 0.3) is 0 Å². The highest BCUT2D eigenvalue weighted by molar-refractivity contribution is 14.1. The van der Waals surface area contributed by atoms with Gasteiger partial charge in [-0.2, -0.15) is 0 Å². The predicted octanol–water partition coefficient (Wildman–Crippen LogP) is 2.42. The number of aliphatic hydroxyl groups is 1. The van der Waals surface area contributed by atoms with Crippen molar-refractivity contribution in [3.05, 3.63) is 51.3 Å². The lowest BCUT2D eigenvalue weighted by Crippen LogP contribution is -2.63. The summed E-state index contributed by atoms with van der Waals surface area (Å²) in [5.74, 6) is -1.40. The average molecular weight is 469 g/mol. The number of halogens is 1. The van der Waals surface area contributed by atoms with Crippen molar-refractivity contribution in [2.75, 3.05) is 6.61 Å². The fourth-order valence-corrected chi connectivity index (χ4v) is 4.23. The summed E-state index contributed by atoms with van der Waals surface area (Å²) in [4.78, 5) is 25.3. The molecule has 7 heteroatoms. The largest absolute Gasteiger partial charge is 0.488 e. The van der Waals surface area contributed by atoms with Crippen LogP contribution in [0.15, 0.2) is 47.7 Å². The molecule has 138 valence electrons. The van der Waals surface area contributed by atoms with Crippen molar-refractivity contribution in [3.8, 4) is 5.75 Å². The van der Waals surface area contributed by atoms with Crippen LogP contribution < -0.4 is 4.74 Å². The van der Waals surface area contributed by atoms with E-state index in [0.29, 0.717) is 12.2 Å². The highest BCUT2D eigenvalue weighted by Gasteiger charge is 2.59. The van der Waals surface area contributed by atoms with E-state index in [1.165, 1.54) is 4.90 Å². The van der Waals surface area contributed by atoms with Crippen LogP contribution >= 0.6 is 22.6 Å². The van der Waals surface area contributed by atoms with E-state index in [1.807, 2.05) is 31.2 Å². The first-order chi connectivity index (χ1) is 12.3. The first kappa shape index (κ1) is 18.9. The van der Waals surface area contributed by atoms with Gasteiger partial charge in [0.2, 0.25) is 5.91 Å². The third-order valence-electron chi connectivity index (χ3n) is 4.90. The van der Waals surface area contributed by atoms with Crippen molar-refractivity contribution in [1.29, 1.82) is 0 Å². The van der Waals surface area contributed by atoms with Crippen LogP contribution in [0.2, 0.25) is 0 Å². The summed E-state index contributed by atoms with van der Waals surface area (Å²) in [6, 6.07) is 7.32. The molecular formula is C19H20INO5. The number of carboxylic acids is 1. The van der Waals surface area contributed by atoms with Gasteiger partial charge in [-0.25, -0.2) is 4.79 Å². The van der Waals surface area contributed by atoms with Crippen molar-refractivity contribution in [2.45, 2.75) is 26.0 Å². The lowest BCUT2D eigenvalue weighted by Gasteiger charge is -2.46. The number of allylic oxidation sites excluding steroid dienone is 1. The Kier molecular flexibility index (Phi) is 5.38. The average Bonchev–Trinajstić information content (AvgIpc) is 2.82. The second-order valence-electron chi connectivity index (χ2n) is 6.51. The minimum absolute atomic E-state index is 0.00921. The normalized spacial score (nSPS) is 26.1. The number of β-lactam (4-membered cyclic amide) rings is 1. The minimum atomic E-state index is -1.13. The molecule has 6 nitrogen and oxygen atoms in total. The molecule has 2 heterocycles. The van der Waals surface area contributed by atoms with E-state index in [-0.39, 0.29) is 23.6 Å². The first-order valence-corrected chi connectivity index (χ1v) is 9.45. The Balaban J connectivity index is 1.77. The molecule has 0 aliphatic carbocycles. The van der Waals surface area contributed by atoms with E-state index in [9.17, 15) is 19.8 Å². The molecule has 0 aromatic heterocycles. The van der Waals surface area contributed by atoms with Crippen LogP contribution in [0.4, 0.5) is 0 Å². The van der Waals surface area contributed by atoms with E-state index in [2.05, 4.69) is 22.6 Å². The second-order valence-corrected chi connectivity index (χ2v) is 7.67. The standard InChI is InChI=1S/C19H20INO5/c1-10-12(6-5-9-26-14-8-4-3-7-13(14)20)17(19(24)25)21-16(10)15(11(2)22)18(21)23/h3-8,10-11,15-16,22H,9H2,1-2H3,(H,24,25)/b6-5+. The van der Waals surface area contributed by atoms with E-state index in [4.69, 9.17) is 4.74 Å². The molecule has 0 saturated carbocycles. The molecule has 1 aromatic carbocycles. The number of amides is 1. The lowest BCUT2D eigenvalue weighted by molar-refractivity contribution is -0.163. The maximum Gasteiger partial charge on any atom is 0.352 e. The molecule has 1 aromatic rings. The van der Waals surface area contributed by atoms with E-state index < -0.39 is 18.0 Å². The summed E-state index contributed by atoms with van der Waals surface area (Å²) in [5, 5.41) is 19.4. The maximum atomic E-state index is 12.3. The smallest absolute Gasteiger partial charge is 0.352 e. The zero-order chi connectivity index (χ0) is 19.0. The fourth-order valence-electron chi connectivity index (χ4n) is 3.69. The Hall–Kier alpha value is -1.87. The quantitative estimate of drug-likeness (QED) is 0.494. The SMILES string of the molecule is CC(O)C1C(=O)N2C(C(=O)O)=C(/C=C/COc3ccccc3I)C(C)C12. The number of para-hydroxylation sites is 1. The van der Waals surface area contributed by atoms with Gasteiger partial charge in [-0.3, -0.25) is 4.79 Å². The van der Waals surface area contributed by atoms with Gasteiger partial charge in [0, 0.05) is 5.92 Å². The number of hydrogen-bond acceptors (Lipinski definition) is 4. The topological polar surface area (TPSA) is 87.1 Å². The molecule has 3 rings (SSSR count). The van der Waals surface area contributed by atoms with Crippen LogP contribution in [-0.2, 0) is 9.59 Å². The van der Waals surface area contributed by atoms with Gasteiger partial charge in [0.05, 0.1) is 21.6 Å². The lowest BCUT2D eigenvalue weighted by atomic mass is 9.78. The molecule has 1 fully saturated rings. The zero-order valence-corrected chi connectivity index (χ0v) is 16.6. The van der Waals surface area contributed by atoms with Gasteiger partial charge in [-0.1, -0.05) is 25.1 Å². The van der Waals surface area contributed by atoms with Gasteiger partial charge in [-0.05, 0) is 53.3 Å². The Morgan fingerprint density at radius 1 is 1.42 bits per heavy atom. The van der Waals surface area contributed by atoms with Crippen molar-refractivity contribution in [3.63, 3.8) is 0 Å². The first-order valence-electron chi connectivity index (χ1n) is 8.37. The maximum absolute atomic E-state index is 12.3. The second kappa shape index (κ2) is 7.40. The number of benzene rings is 1. The number of carbonyl (C=O) groups excluding carboxylic acids is 1. The van der Waals surface area contributed by atoms with Crippen molar-refractivity contribution in [1.82, 2.24) is 4.90 Å². The Morgan fingerprint density at radius 3 is 2.73 bits per heavy atom. The number of carboxylic acid groups (broad SMARTS) is 1. The number of aliphatic hydroxyl groups excluding tert-OH is 1. The number of ether oxygens (including phenoxy) is 1. The third kappa shape index (κ3) is 3.14. The summed E-state index contributed by atoms with van der Waals surface area (Å²) in [7, 11) is 0. The van der Waals surface area contributed by atoms with Gasteiger partial charge in [0.15, 0.2) is 0 Å². The molecule has 4 atom stereocenters. The number of nitrogens with zero attached hydrogens (tertiary/aromatic N) is 1. The van der Waals surface area contributed by atoms with Crippen LogP contribution in [-0.4, -0.2) is 45.7 Å². The molecule has 26 heavy (non-hydrogen) atoms. The van der Waals surface area contributed by atoms with Crippen LogP contribution in [0.5, 0.6) is 5.75 Å². The zero-order valence-electron chi connectivity index (χ0n) is 14.4. The summed E-state index contributed by atoms with van der Waals surface area (Å²) in [6.45, 7) is 3.74. The summed E-state index contributed by atoms with van der Waals surface area (Å²) in [5.41, 5.74) is 0.598. The van der Waals surface area contributed by atoms with Crippen molar-refractivity contribution in [2.24, 2.45) is 11.8 Å². The summed E-state index contributed by atoms with van der Waals surface area (Å²) < 4.78 is 6.69. The monoisotopic (exact) mass is 469 g/mol. The van der Waals surface area contributed by atoms with Crippen LogP contribution in [0.25, 0.3) is 0 Å². The Bertz CT molecular complexity index is 801. The van der Waals surface area contributed by atoms with Gasteiger partial charge in [-0.15, -0.1) is 0 Å². The molecule has 2 N–H and O–H groups in total. The molecule has 1 amide bonds. The van der Waals surface area contributed by atoms with Crippen molar-refractivity contribution >= 4 is 34.5 Å². The van der Waals surface area contributed by atoms with E-state index >= 15 is 0 Å². The summed E-state index contributed by atoms with van der Waals surface area (Å²) in [6.07, 6.45) is 2.67. The predicted molar refractivity (Wildman–Crippen MR) is 103 cm³/mol. The van der Waals surface area contributed by atoms with Gasteiger partial charge in [0.1, 0.15) is 18.1 Å². The molecule has 2 aliphatic heterocycles. The minimum Gasteiger partial charge on any atom is -0.488 e. The third-order valence-corrected chi connectivity index (χ3v) is 5.79. The molecule has 0 radical (unpaired) electrons. The Morgan fingerprint density at radius 2 is 2.12 bits per heavy atom.